The standard InChI is InChI=1S/C8H5F6IN2O/c9-7(10,11)5-4(18-8(12,13)14)1-3(2-16)17-6(5)15/h1H,2,16H2. The molecule has 0 radical (unpaired) electrons. The first kappa shape index (κ1) is 15.3. The highest BCUT2D eigenvalue weighted by molar-refractivity contribution is 14.1. The molecule has 0 aliphatic carbocycles. The van der Waals surface area contributed by atoms with Gasteiger partial charge in [-0.3, -0.25) is 0 Å². The van der Waals surface area contributed by atoms with Crippen molar-refractivity contribution in [3.63, 3.8) is 0 Å². The molecule has 1 aromatic heterocycles. The molecule has 0 aliphatic heterocycles. The van der Waals surface area contributed by atoms with Crippen LogP contribution in [0.5, 0.6) is 5.75 Å². The highest BCUT2D eigenvalue weighted by Crippen LogP contribution is 2.40. The molecule has 1 aromatic rings. The van der Waals surface area contributed by atoms with Crippen LogP contribution in [0.15, 0.2) is 6.07 Å². The Morgan fingerprint density at radius 2 is 1.78 bits per heavy atom. The first-order chi connectivity index (χ1) is 8.04. The first-order valence-corrected chi connectivity index (χ1v) is 5.35. The molecule has 0 atom stereocenters. The van der Waals surface area contributed by atoms with Gasteiger partial charge < -0.3 is 10.5 Å². The number of alkyl halides is 6. The lowest BCUT2D eigenvalue weighted by molar-refractivity contribution is -0.276. The van der Waals surface area contributed by atoms with Crippen molar-refractivity contribution in [3.8, 4) is 5.75 Å². The van der Waals surface area contributed by atoms with Crippen LogP contribution < -0.4 is 10.5 Å². The zero-order chi connectivity index (χ0) is 14.1. The predicted octanol–water partition coefficient (Wildman–Crippen LogP) is 3.06. The van der Waals surface area contributed by atoms with E-state index in [1.54, 1.807) is 0 Å². The maximum Gasteiger partial charge on any atom is 0.573 e. The van der Waals surface area contributed by atoms with Crippen LogP contribution in [-0.4, -0.2) is 11.3 Å². The summed E-state index contributed by atoms with van der Waals surface area (Å²) in [6, 6.07) is 0.526. The van der Waals surface area contributed by atoms with Gasteiger partial charge in [-0.2, -0.15) is 13.2 Å². The smallest absolute Gasteiger partial charge is 0.405 e. The summed E-state index contributed by atoms with van der Waals surface area (Å²) < 4.78 is 76.6. The number of hydrogen-bond acceptors (Lipinski definition) is 3. The molecule has 0 unspecified atom stereocenters. The van der Waals surface area contributed by atoms with E-state index in [1.807, 2.05) is 0 Å². The third-order valence-electron chi connectivity index (χ3n) is 1.71. The van der Waals surface area contributed by atoms with Gasteiger partial charge in [0.1, 0.15) is 15.0 Å². The van der Waals surface area contributed by atoms with E-state index in [-0.39, 0.29) is 12.2 Å². The van der Waals surface area contributed by atoms with Crippen molar-refractivity contribution >= 4 is 22.6 Å². The maximum absolute atomic E-state index is 12.6. The normalized spacial score (nSPS) is 12.7. The van der Waals surface area contributed by atoms with Crippen LogP contribution in [-0.2, 0) is 12.7 Å². The van der Waals surface area contributed by atoms with Crippen LogP contribution in [0.4, 0.5) is 26.3 Å². The van der Waals surface area contributed by atoms with Crippen molar-refractivity contribution < 1.29 is 31.1 Å². The molecule has 2 N–H and O–H groups in total. The fourth-order valence-electron chi connectivity index (χ4n) is 1.11. The minimum Gasteiger partial charge on any atom is -0.405 e. The number of rotatable bonds is 2. The van der Waals surface area contributed by atoms with Crippen LogP contribution >= 0.6 is 22.6 Å². The molecule has 0 saturated carbocycles. The molecule has 10 heteroatoms. The minimum absolute atomic E-state index is 0.133. The van der Waals surface area contributed by atoms with Gasteiger partial charge in [-0.25, -0.2) is 4.98 Å². The van der Waals surface area contributed by atoms with E-state index < -0.39 is 27.6 Å². The lowest BCUT2D eigenvalue weighted by atomic mass is 10.2. The Bertz CT molecular complexity index is 444. The summed E-state index contributed by atoms with van der Waals surface area (Å²) >= 11 is 1.18. The first-order valence-electron chi connectivity index (χ1n) is 4.27. The van der Waals surface area contributed by atoms with Crippen molar-refractivity contribution in [2.45, 2.75) is 19.1 Å². The molecule has 0 saturated heterocycles. The van der Waals surface area contributed by atoms with Gasteiger partial charge in [0.05, 0.1) is 5.69 Å². The second-order valence-electron chi connectivity index (χ2n) is 3.03. The van der Waals surface area contributed by atoms with Gasteiger partial charge in [0.15, 0.2) is 0 Å². The van der Waals surface area contributed by atoms with Gasteiger partial charge in [0.2, 0.25) is 0 Å². The molecule has 1 rings (SSSR count). The van der Waals surface area contributed by atoms with Gasteiger partial charge in [-0.05, 0) is 22.6 Å². The average Bonchev–Trinajstić information content (AvgIpc) is 2.11. The molecular weight excluding hydrogens is 381 g/mol. The zero-order valence-electron chi connectivity index (χ0n) is 8.36. The van der Waals surface area contributed by atoms with E-state index in [2.05, 4.69) is 9.72 Å². The molecule has 0 fully saturated rings. The summed E-state index contributed by atoms with van der Waals surface area (Å²) in [5.74, 6) is -1.35. The quantitative estimate of drug-likeness (QED) is 0.483. The summed E-state index contributed by atoms with van der Waals surface area (Å²) in [5, 5.41) is 0. The molecule has 102 valence electrons. The lowest BCUT2D eigenvalue weighted by Gasteiger charge is -2.17. The monoisotopic (exact) mass is 386 g/mol. The Morgan fingerprint density at radius 1 is 1.22 bits per heavy atom. The van der Waals surface area contributed by atoms with Gasteiger partial charge in [0, 0.05) is 12.6 Å². The van der Waals surface area contributed by atoms with Crippen molar-refractivity contribution in [1.82, 2.24) is 4.98 Å². The Morgan fingerprint density at radius 3 is 2.17 bits per heavy atom. The minimum atomic E-state index is -5.23. The SMILES string of the molecule is NCc1cc(OC(F)(F)F)c(C(F)(F)F)c(I)n1. The van der Waals surface area contributed by atoms with Gasteiger partial charge in [0.25, 0.3) is 0 Å². The maximum atomic E-state index is 12.6. The highest BCUT2D eigenvalue weighted by atomic mass is 127. The van der Waals surface area contributed by atoms with E-state index in [0.29, 0.717) is 6.07 Å². The Hall–Kier alpha value is -0.780. The second kappa shape index (κ2) is 5.07. The third kappa shape index (κ3) is 3.86. The molecule has 0 spiro atoms. The van der Waals surface area contributed by atoms with E-state index in [9.17, 15) is 26.3 Å². The van der Waals surface area contributed by atoms with Crippen molar-refractivity contribution in [3.05, 3.63) is 21.0 Å². The van der Waals surface area contributed by atoms with Crippen LogP contribution in [0.3, 0.4) is 0 Å². The summed E-state index contributed by atoms with van der Waals surface area (Å²) in [6.07, 6.45) is -10.2. The van der Waals surface area contributed by atoms with Crippen LogP contribution in [0.25, 0.3) is 0 Å². The number of nitrogens with two attached hydrogens (primary N) is 1. The number of halogens is 7. The largest absolute Gasteiger partial charge is 0.573 e. The Kier molecular flexibility index (Phi) is 4.30. The van der Waals surface area contributed by atoms with Gasteiger partial charge in [-0.1, -0.05) is 0 Å². The van der Waals surface area contributed by atoms with Gasteiger partial charge >= 0.3 is 12.5 Å². The summed E-state index contributed by atoms with van der Waals surface area (Å²) in [5.41, 5.74) is 3.42. The molecule has 0 aromatic carbocycles. The predicted molar refractivity (Wildman–Crippen MR) is 56.5 cm³/mol. The third-order valence-corrected chi connectivity index (χ3v) is 2.49. The summed E-state index contributed by atoms with van der Waals surface area (Å²) in [4.78, 5) is 3.44. The summed E-state index contributed by atoms with van der Waals surface area (Å²) in [6.45, 7) is -0.303. The van der Waals surface area contributed by atoms with Crippen LogP contribution in [0.2, 0.25) is 0 Å². The van der Waals surface area contributed by atoms with Crippen molar-refractivity contribution in [2.75, 3.05) is 0 Å². The number of pyridine rings is 1. The molecular formula is C8H5F6IN2O. The molecule has 3 nitrogen and oxygen atoms in total. The van der Waals surface area contributed by atoms with Crippen molar-refractivity contribution in [2.24, 2.45) is 5.73 Å². The van der Waals surface area contributed by atoms with Crippen LogP contribution in [0.1, 0.15) is 11.3 Å². The van der Waals surface area contributed by atoms with E-state index in [1.165, 1.54) is 22.6 Å². The highest BCUT2D eigenvalue weighted by Gasteiger charge is 2.41. The molecule has 0 bridgehead atoms. The average molecular weight is 386 g/mol. The fourth-order valence-corrected chi connectivity index (χ4v) is 1.99. The topological polar surface area (TPSA) is 48.1 Å². The number of hydrogen-bond donors (Lipinski definition) is 1. The second-order valence-corrected chi connectivity index (χ2v) is 4.05. The Balaban J connectivity index is 3.39. The molecule has 18 heavy (non-hydrogen) atoms. The molecule has 0 aliphatic rings. The summed E-state index contributed by atoms with van der Waals surface area (Å²) in [7, 11) is 0. The Labute approximate surface area is 110 Å². The fraction of sp³-hybridized carbons (Fsp3) is 0.375. The van der Waals surface area contributed by atoms with E-state index >= 15 is 0 Å². The lowest BCUT2D eigenvalue weighted by Crippen LogP contribution is -2.22. The molecule has 0 amide bonds. The molecule has 1 heterocycles. The number of nitrogens with zero attached hydrogens (tertiary/aromatic N) is 1. The van der Waals surface area contributed by atoms with Crippen molar-refractivity contribution in [1.29, 1.82) is 0 Å². The zero-order valence-corrected chi connectivity index (χ0v) is 10.5. The number of ether oxygens (including phenoxy) is 1. The van der Waals surface area contributed by atoms with E-state index in [4.69, 9.17) is 5.73 Å². The number of aromatic nitrogens is 1. The van der Waals surface area contributed by atoms with Crippen LogP contribution in [0, 0.1) is 3.70 Å². The van der Waals surface area contributed by atoms with Gasteiger partial charge in [-0.15, -0.1) is 13.2 Å². The van der Waals surface area contributed by atoms with E-state index in [0.717, 1.165) is 0 Å².